The van der Waals surface area contributed by atoms with Gasteiger partial charge in [-0.05, 0) is 36.8 Å². The zero-order valence-electron chi connectivity index (χ0n) is 15.4. The Hall–Kier alpha value is -2.89. The van der Waals surface area contributed by atoms with Crippen LogP contribution in [0.5, 0.6) is 0 Å². The van der Waals surface area contributed by atoms with Gasteiger partial charge < -0.3 is 14.8 Å². The van der Waals surface area contributed by atoms with Crippen LogP contribution in [0.25, 0.3) is 10.9 Å². The van der Waals surface area contributed by atoms with Gasteiger partial charge in [0.2, 0.25) is 5.91 Å². The molecule has 3 aromatic rings. The molecule has 1 fully saturated rings. The Kier molecular flexibility index (Phi) is 5.32. The number of hydrogen-bond acceptors (Lipinski definition) is 4. The zero-order valence-corrected chi connectivity index (χ0v) is 15.4. The van der Waals surface area contributed by atoms with Crippen molar-refractivity contribution in [3.05, 3.63) is 55.1 Å². The fourth-order valence-corrected chi connectivity index (χ4v) is 3.77. The summed E-state index contributed by atoms with van der Waals surface area (Å²) in [4.78, 5) is 23.1. The van der Waals surface area contributed by atoms with Crippen LogP contribution < -0.4 is 10.2 Å². The van der Waals surface area contributed by atoms with Gasteiger partial charge in [-0.3, -0.25) is 9.78 Å². The summed E-state index contributed by atoms with van der Waals surface area (Å²) in [5, 5.41) is 4.38. The Balaban J connectivity index is 1.20. The van der Waals surface area contributed by atoms with Crippen LogP contribution in [-0.4, -0.2) is 40.1 Å². The van der Waals surface area contributed by atoms with E-state index in [9.17, 15) is 4.79 Å². The van der Waals surface area contributed by atoms with Crippen LogP contribution in [0.1, 0.15) is 19.3 Å². The van der Waals surface area contributed by atoms with E-state index < -0.39 is 0 Å². The minimum atomic E-state index is 0.102. The van der Waals surface area contributed by atoms with E-state index in [4.69, 9.17) is 0 Å². The summed E-state index contributed by atoms with van der Waals surface area (Å²) in [6.45, 7) is 3.34. The van der Waals surface area contributed by atoms with E-state index in [1.807, 2.05) is 0 Å². The van der Waals surface area contributed by atoms with Gasteiger partial charge in [0.05, 0.1) is 6.20 Å². The van der Waals surface area contributed by atoms with Crippen molar-refractivity contribution in [2.75, 3.05) is 24.5 Å². The van der Waals surface area contributed by atoms with Gasteiger partial charge in [-0.1, -0.05) is 18.2 Å². The van der Waals surface area contributed by atoms with E-state index in [1.54, 1.807) is 18.6 Å². The molecule has 2 aromatic heterocycles. The van der Waals surface area contributed by atoms with Crippen molar-refractivity contribution in [2.45, 2.75) is 25.8 Å². The predicted molar refractivity (Wildman–Crippen MR) is 107 cm³/mol. The fraction of sp³-hybridized carbons (Fsp3) is 0.381. The minimum Gasteiger partial charge on any atom is -0.356 e. The van der Waals surface area contributed by atoms with Crippen LogP contribution in [0.15, 0.2) is 55.1 Å². The van der Waals surface area contributed by atoms with Crippen molar-refractivity contribution < 1.29 is 4.79 Å². The summed E-state index contributed by atoms with van der Waals surface area (Å²) in [6.07, 6.45) is 9.96. The standard InChI is InChI=1S/C21H25N5O/c27-21(18-7-14-26(15-8-18)20-16-22-10-11-23-20)24-9-3-12-25-13-6-17-4-1-2-5-19(17)25/h1-2,4-6,10-11,13,16,18H,3,7-9,12,14-15H2,(H,24,27). The molecule has 0 atom stereocenters. The molecule has 1 N–H and O–H groups in total. The number of aromatic nitrogens is 3. The van der Waals surface area contributed by atoms with E-state index in [2.05, 4.69) is 61.3 Å². The number of hydrogen-bond donors (Lipinski definition) is 1. The predicted octanol–water partition coefficient (Wildman–Crippen LogP) is 2.85. The quantitative estimate of drug-likeness (QED) is 0.684. The number of benzene rings is 1. The van der Waals surface area contributed by atoms with E-state index in [-0.39, 0.29) is 11.8 Å². The highest BCUT2D eigenvalue weighted by atomic mass is 16.1. The lowest BCUT2D eigenvalue weighted by molar-refractivity contribution is -0.125. The van der Waals surface area contributed by atoms with Crippen LogP contribution in [0.3, 0.4) is 0 Å². The first-order valence-electron chi connectivity index (χ1n) is 9.64. The summed E-state index contributed by atoms with van der Waals surface area (Å²) in [7, 11) is 0. The van der Waals surface area contributed by atoms with Gasteiger partial charge in [-0.2, -0.15) is 0 Å². The molecule has 6 nitrogen and oxygen atoms in total. The van der Waals surface area contributed by atoms with Gasteiger partial charge in [0, 0.05) is 56.2 Å². The molecule has 1 aliphatic rings. The average Bonchev–Trinajstić information content (AvgIpc) is 3.15. The van der Waals surface area contributed by atoms with Gasteiger partial charge in [0.15, 0.2) is 0 Å². The molecule has 140 valence electrons. The summed E-state index contributed by atoms with van der Waals surface area (Å²) < 4.78 is 2.25. The lowest BCUT2D eigenvalue weighted by Gasteiger charge is -2.31. The Labute approximate surface area is 159 Å². The molecule has 3 heterocycles. The lowest BCUT2D eigenvalue weighted by Crippen LogP contribution is -2.41. The van der Waals surface area contributed by atoms with Crippen molar-refractivity contribution in [1.29, 1.82) is 0 Å². The number of nitrogens with zero attached hydrogens (tertiary/aromatic N) is 4. The van der Waals surface area contributed by atoms with Crippen LogP contribution in [0, 0.1) is 5.92 Å². The van der Waals surface area contributed by atoms with Gasteiger partial charge in [-0.15, -0.1) is 0 Å². The maximum Gasteiger partial charge on any atom is 0.223 e. The molecule has 0 saturated carbocycles. The molecule has 1 amide bonds. The number of carbonyl (C=O) groups excluding carboxylic acids is 1. The third-order valence-electron chi connectivity index (χ3n) is 5.29. The monoisotopic (exact) mass is 363 g/mol. The number of nitrogens with one attached hydrogen (secondary N) is 1. The van der Waals surface area contributed by atoms with Crippen molar-refractivity contribution >= 4 is 22.6 Å². The second-order valence-corrected chi connectivity index (χ2v) is 7.04. The molecule has 27 heavy (non-hydrogen) atoms. The molecule has 1 aliphatic heterocycles. The SMILES string of the molecule is O=C(NCCCn1ccc2ccccc21)C1CCN(c2cnccn2)CC1. The van der Waals surface area contributed by atoms with Crippen LogP contribution in [0.4, 0.5) is 5.82 Å². The largest absolute Gasteiger partial charge is 0.356 e. The Morgan fingerprint density at radius 2 is 2.00 bits per heavy atom. The molecule has 4 rings (SSSR count). The molecule has 0 unspecified atom stereocenters. The molecular weight excluding hydrogens is 338 g/mol. The topological polar surface area (TPSA) is 63.1 Å². The van der Waals surface area contributed by atoms with Crippen molar-refractivity contribution in [3.63, 3.8) is 0 Å². The fourth-order valence-electron chi connectivity index (χ4n) is 3.77. The van der Waals surface area contributed by atoms with E-state index in [0.717, 1.165) is 51.3 Å². The molecule has 0 bridgehead atoms. The van der Waals surface area contributed by atoms with Crippen LogP contribution >= 0.6 is 0 Å². The Morgan fingerprint density at radius 1 is 1.15 bits per heavy atom. The Morgan fingerprint density at radius 3 is 2.81 bits per heavy atom. The van der Waals surface area contributed by atoms with E-state index in [1.165, 1.54) is 10.9 Å². The molecule has 0 spiro atoms. The van der Waals surface area contributed by atoms with Crippen LogP contribution in [0.2, 0.25) is 0 Å². The number of amides is 1. The third-order valence-corrected chi connectivity index (χ3v) is 5.29. The number of rotatable bonds is 6. The number of para-hydroxylation sites is 1. The van der Waals surface area contributed by atoms with E-state index in [0.29, 0.717) is 0 Å². The number of fused-ring (bicyclic) bond motifs is 1. The average molecular weight is 363 g/mol. The highest BCUT2D eigenvalue weighted by molar-refractivity contribution is 5.80. The summed E-state index contributed by atoms with van der Waals surface area (Å²) >= 11 is 0. The highest BCUT2D eigenvalue weighted by Gasteiger charge is 2.25. The second kappa shape index (κ2) is 8.20. The smallest absolute Gasteiger partial charge is 0.223 e. The number of piperidine rings is 1. The number of carbonyl (C=O) groups is 1. The second-order valence-electron chi connectivity index (χ2n) is 7.04. The summed E-state index contributed by atoms with van der Waals surface area (Å²) in [5.74, 6) is 1.19. The third kappa shape index (κ3) is 4.10. The van der Waals surface area contributed by atoms with Gasteiger partial charge >= 0.3 is 0 Å². The highest BCUT2D eigenvalue weighted by Crippen LogP contribution is 2.21. The first-order chi connectivity index (χ1) is 13.3. The maximum atomic E-state index is 12.5. The van der Waals surface area contributed by atoms with Crippen molar-refractivity contribution in [1.82, 2.24) is 19.9 Å². The number of anilines is 1. The molecule has 0 aliphatic carbocycles. The summed E-state index contributed by atoms with van der Waals surface area (Å²) in [6, 6.07) is 10.5. The molecule has 0 radical (unpaired) electrons. The molecular formula is C21H25N5O. The van der Waals surface area contributed by atoms with Crippen molar-refractivity contribution in [2.24, 2.45) is 5.92 Å². The summed E-state index contributed by atoms with van der Waals surface area (Å²) in [5.41, 5.74) is 1.25. The van der Waals surface area contributed by atoms with Crippen LogP contribution in [-0.2, 0) is 11.3 Å². The minimum absolute atomic E-state index is 0.102. The van der Waals surface area contributed by atoms with Gasteiger partial charge in [0.1, 0.15) is 5.82 Å². The van der Waals surface area contributed by atoms with Gasteiger partial charge in [-0.25, -0.2) is 4.98 Å². The normalized spacial score (nSPS) is 15.2. The van der Waals surface area contributed by atoms with Gasteiger partial charge in [0.25, 0.3) is 0 Å². The number of aryl methyl sites for hydroxylation is 1. The van der Waals surface area contributed by atoms with Crippen molar-refractivity contribution in [3.8, 4) is 0 Å². The van der Waals surface area contributed by atoms with E-state index >= 15 is 0 Å². The first-order valence-corrected chi connectivity index (χ1v) is 9.64. The maximum absolute atomic E-state index is 12.5. The molecule has 1 aromatic carbocycles. The first kappa shape index (κ1) is 17.5. The Bertz CT molecular complexity index is 884. The lowest BCUT2D eigenvalue weighted by atomic mass is 9.96. The zero-order chi connectivity index (χ0) is 18.5. The molecule has 1 saturated heterocycles. The molecule has 6 heteroatoms.